The lowest BCUT2D eigenvalue weighted by Gasteiger charge is -2.10. The van der Waals surface area contributed by atoms with E-state index in [-0.39, 0.29) is 11.1 Å². The molecule has 0 spiro atoms. The van der Waals surface area contributed by atoms with Gasteiger partial charge in [-0.3, -0.25) is 9.59 Å². The van der Waals surface area contributed by atoms with Crippen LogP contribution in [0.5, 0.6) is 5.75 Å². The molecule has 0 aliphatic heterocycles. The molecule has 1 aromatic heterocycles. The van der Waals surface area contributed by atoms with Crippen LogP contribution < -0.4 is 10.1 Å². The molecule has 6 nitrogen and oxygen atoms in total. The fourth-order valence-corrected chi connectivity index (χ4v) is 3.39. The zero-order valence-corrected chi connectivity index (χ0v) is 17.0. The monoisotopic (exact) mass is 413 g/mol. The summed E-state index contributed by atoms with van der Waals surface area (Å²) in [6, 6.07) is 14.1. The van der Waals surface area contributed by atoms with E-state index >= 15 is 0 Å². The van der Waals surface area contributed by atoms with Crippen LogP contribution in [0.3, 0.4) is 0 Å². The van der Waals surface area contributed by atoms with Crippen LogP contribution in [0.4, 0.5) is 10.5 Å². The van der Waals surface area contributed by atoms with Gasteiger partial charge in [0.15, 0.2) is 0 Å². The van der Waals surface area contributed by atoms with Gasteiger partial charge in [0.05, 0.1) is 11.2 Å². The molecule has 1 heterocycles. The first-order valence-corrected chi connectivity index (χ1v) is 10.2. The van der Waals surface area contributed by atoms with Gasteiger partial charge < -0.3 is 15.0 Å². The van der Waals surface area contributed by atoms with E-state index in [0.29, 0.717) is 23.6 Å². The summed E-state index contributed by atoms with van der Waals surface area (Å²) < 4.78 is 5.69. The van der Waals surface area contributed by atoms with Crippen molar-refractivity contribution in [2.45, 2.75) is 11.5 Å². The number of nitrogens with zero attached hydrogens (tertiary/aromatic N) is 2. The van der Waals surface area contributed by atoms with Gasteiger partial charge in [0, 0.05) is 35.6 Å². The maximum Gasteiger partial charge on any atom is 0.285 e. The number of aromatic nitrogens is 1. The van der Waals surface area contributed by atoms with Crippen molar-refractivity contribution in [1.29, 1.82) is 0 Å². The lowest BCUT2D eigenvalue weighted by Crippen LogP contribution is -2.16. The van der Waals surface area contributed by atoms with E-state index in [4.69, 9.17) is 4.74 Å². The molecule has 3 rings (SSSR count). The Labute approximate surface area is 171 Å². The van der Waals surface area contributed by atoms with Crippen LogP contribution in [0, 0.1) is 0 Å². The van der Waals surface area contributed by atoms with Crippen molar-refractivity contribution in [3.8, 4) is 5.75 Å². The van der Waals surface area contributed by atoms with E-state index in [0.717, 1.165) is 22.4 Å². The van der Waals surface area contributed by atoms with E-state index < -0.39 is 0 Å². The molecule has 2 amide bonds. The number of hydrogen-bond donors (Lipinski definition) is 1. The minimum absolute atomic E-state index is 0.0498. The molecule has 2 aromatic carbocycles. The van der Waals surface area contributed by atoms with Gasteiger partial charge in [-0.05, 0) is 54.2 Å². The van der Waals surface area contributed by atoms with Gasteiger partial charge in [0.1, 0.15) is 12.4 Å². The highest BCUT2D eigenvalue weighted by Crippen LogP contribution is 2.23. The SMILES string of the molecule is CN(C)C(=O)Sc1ccc(NC(=O)c2cccc(OCc3cscn3)c2)cc1. The largest absolute Gasteiger partial charge is 0.487 e. The highest BCUT2D eigenvalue weighted by atomic mass is 32.2. The van der Waals surface area contributed by atoms with Crippen molar-refractivity contribution in [2.24, 2.45) is 0 Å². The number of carbonyl (C=O) groups is 2. The molecule has 0 aliphatic rings. The molecule has 8 heteroatoms. The van der Waals surface area contributed by atoms with Gasteiger partial charge in [-0.2, -0.15) is 0 Å². The number of benzene rings is 2. The van der Waals surface area contributed by atoms with Crippen molar-refractivity contribution in [3.05, 3.63) is 70.7 Å². The highest BCUT2D eigenvalue weighted by molar-refractivity contribution is 8.13. The average Bonchev–Trinajstić information content (AvgIpc) is 3.21. The Morgan fingerprint density at radius 3 is 2.64 bits per heavy atom. The maximum absolute atomic E-state index is 12.5. The number of carbonyl (C=O) groups excluding carboxylic acids is 2. The second kappa shape index (κ2) is 9.38. The second-order valence-electron chi connectivity index (χ2n) is 6.04. The summed E-state index contributed by atoms with van der Waals surface area (Å²) in [5, 5.41) is 4.72. The predicted molar refractivity (Wildman–Crippen MR) is 112 cm³/mol. The second-order valence-corrected chi connectivity index (χ2v) is 7.78. The normalized spacial score (nSPS) is 10.4. The summed E-state index contributed by atoms with van der Waals surface area (Å²) in [6.07, 6.45) is 0. The number of nitrogens with one attached hydrogen (secondary N) is 1. The van der Waals surface area contributed by atoms with Crippen molar-refractivity contribution in [3.63, 3.8) is 0 Å². The van der Waals surface area contributed by atoms with Gasteiger partial charge >= 0.3 is 0 Å². The molecule has 28 heavy (non-hydrogen) atoms. The van der Waals surface area contributed by atoms with Crippen LogP contribution in [0.2, 0.25) is 0 Å². The zero-order chi connectivity index (χ0) is 19.9. The molecule has 0 unspecified atom stereocenters. The summed E-state index contributed by atoms with van der Waals surface area (Å²) >= 11 is 2.65. The molecular weight excluding hydrogens is 394 g/mol. The Morgan fingerprint density at radius 1 is 1.18 bits per heavy atom. The number of ether oxygens (including phenoxy) is 1. The van der Waals surface area contributed by atoms with Crippen molar-refractivity contribution >= 4 is 39.9 Å². The summed E-state index contributed by atoms with van der Waals surface area (Å²) in [5.74, 6) is 0.374. The van der Waals surface area contributed by atoms with Crippen LogP contribution in [0.25, 0.3) is 0 Å². The standard InChI is InChI=1S/C20H19N3O3S2/c1-23(2)20(25)28-18-8-6-15(7-9-18)22-19(24)14-4-3-5-17(10-14)26-11-16-12-27-13-21-16/h3-10,12-13H,11H2,1-2H3,(H,22,24). The first-order valence-electron chi connectivity index (χ1n) is 8.42. The lowest BCUT2D eigenvalue weighted by molar-refractivity contribution is 0.102. The number of anilines is 1. The summed E-state index contributed by atoms with van der Waals surface area (Å²) in [5.41, 5.74) is 3.76. The van der Waals surface area contributed by atoms with E-state index in [1.54, 1.807) is 68.1 Å². The van der Waals surface area contributed by atoms with Gasteiger partial charge in [0.25, 0.3) is 11.1 Å². The Bertz CT molecular complexity index is 942. The highest BCUT2D eigenvalue weighted by Gasteiger charge is 2.10. The third-order valence-corrected chi connectivity index (χ3v) is 5.33. The summed E-state index contributed by atoms with van der Waals surface area (Å²) in [6.45, 7) is 0.360. The molecule has 1 N–H and O–H groups in total. The molecule has 3 aromatic rings. The molecule has 144 valence electrons. The van der Waals surface area contributed by atoms with Crippen LogP contribution >= 0.6 is 23.1 Å². The number of amides is 2. The quantitative estimate of drug-likeness (QED) is 0.591. The van der Waals surface area contributed by atoms with Gasteiger partial charge in [-0.15, -0.1) is 11.3 Å². The minimum Gasteiger partial charge on any atom is -0.487 e. The number of thiazole rings is 1. The van der Waals surface area contributed by atoms with Crippen LogP contribution in [-0.2, 0) is 6.61 Å². The Morgan fingerprint density at radius 2 is 1.96 bits per heavy atom. The first kappa shape index (κ1) is 19.9. The van der Waals surface area contributed by atoms with E-state index in [1.807, 2.05) is 5.38 Å². The molecule has 0 bridgehead atoms. The summed E-state index contributed by atoms with van der Waals surface area (Å²) in [7, 11) is 3.41. The van der Waals surface area contributed by atoms with Crippen molar-refractivity contribution in [2.75, 3.05) is 19.4 Å². The van der Waals surface area contributed by atoms with Gasteiger partial charge in [0.2, 0.25) is 0 Å². The van der Waals surface area contributed by atoms with E-state index in [9.17, 15) is 9.59 Å². The predicted octanol–water partition coefficient (Wildman–Crippen LogP) is 4.75. The van der Waals surface area contributed by atoms with Crippen molar-refractivity contribution in [1.82, 2.24) is 9.88 Å². The zero-order valence-electron chi connectivity index (χ0n) is 15.4. The third kappa shape index (κ3) is 5.58. The molecule has 0 atom stereocenters. The topological polar surface area (TPSA) is 71.5 Å². The Kier molecular flexibility index (Phi) is 6.67. The van der Waals surface area contributed by atoms with Gasteiger partial charge in [-0.25, -0.2) is 4.98 Å². The smallest absolute Gasteiger partial charge is 0.285 e. The number of thioether (sulfide) groups is 1. The van der Waals surface area contributed by atoms with Crippen molar-refractivity contribution < 1.29 is 14.3 Å². The lowest BCUT2D eigenvalue weighted by atomic mass is 10.2. The van der Waals surface area contributed by atoms with E-state index in [1.165, 1.54) is 16.2 Å². The fourth-order valence-electron chi connectivity index (χ4n) is 2.19. The maximum atomic E-state index is 12.5. The molecular formula is C20H19N3O3S2. The Hall–Kier alpha value is -2.84. The molecule has 0 saturated carbocycles. The fraction of sp³-hybridized carbons (Fsp3) is 0.150. The first-order chi connectivity index (χ1) is 13.5. The van der Waals surface area contributed by atoms with Crippen LogP contribution in [-0.4, -0.2) is 35.1 Å². The average molecular weight is 414 g/mol. The molecule has 0 radical (unpaired) electrons. The minimum atomic E-state index is -0.233. The van der Waals surface area contributed by atoms with E-state index in [2.05, 4.69) is 10.3 Å². The van der Waals surface area contributed by atoms with Crippen LogP contribution in [0.1, 0.15) is 16.1 Å². The van der Waals surface area contributed by atoms with Crippen LogP contribution in [0.15, 0.2) is 64.3 Å². The Balaban J connectivity index is 1.59. The third-order valence-electron chi connectivity index (χ3n) is 3.65. The number of hydrogen-bond acceptors (Lipinski definition) is 6. The molecule has 0 aliphatic carbocycles. The summed E-state index contributed by atoms with van der Waals surface area (Å²) in [4.78, 5) is 30.7. The number of rotatable bonds is 6. The molecule has 0 saturated heterocycles. The van der Waals surface area contributed by atoms with Gasteiger partial charge in [-0.1, -0.05) is 6.07 Å². The molecule has 0 fully saturated rings.